The molecule has 0 saturated heterocycles. The van der Waals surface area contributed by atoms with Gasteiger partial charge in [0, 0.05) is 17.2 Å². The second-order valence-electron chi connectivity index (χ2n) is 8.63. The summed E-state index contributed by atoms with van der Waals surface area (Å²) in [6.07, 6.45) is 0.333. The molecule has 1 atom stereocenters. The summed E-state index contributed by atoms with van der Waals surface area (Å²) < 4.78 is 5.60. The van der Waals surface area contributed by atoms with Gasteiger partial charge in [-0.25, -0.2) is 9.59 Å². The van der Waals surface area contributed by atoms with Gasteiger partial charge in [-0.2, -0.15) is 0 Å². The lowest BCUT2D eigenvalue weighted by atomic mass is 9.98. The molecule has 7 nitrogen and oxygen atoms in total. The van der Waals surface area contributed by atoms with E-state index < -0.39 is 24.0 Å². The molecule has 0 radical (unpaired) electrons. The van der Waals surface area contributed by atoms with Crippen molar-refractivity contribution in [2.75, 3.05) is 11.9 Å². The number of nitrogens with one attached hydrogen (secondary N) is 2. The molecule has 0 spiro atoms. The minimum absolute atomic E-state index is 0.0575. The van der Waals surface area contributed by atoms with Crippen LogP contribution in [0.1, 0.15) is 52.7 Å². The number of rotatable bonds is 8. The van der Waals surface area contributed by atoms with Gasteiger partial charge in [0.15, 0.2) is 0 Å². The third-order valence-corrected chi connectivity index (χ3v) is 6.26. The zero-order chi connectivity index (χ0) is 24.9. The second-order valence-corrected chi connectivity index (χ2v) is 8.63. The largest absolute Gasteiger partial charge is 0.480 e. The third kappa shape index (κ3) is 5.19. The van der Waals surface area contributed by atoms with Crippen molar-refractivity contribution in [3.05, 3.63) is 89.0 Å². The van der Waals surface area contributed by atoms with E-state index in [1.54, 1.807) is 19.1 Å². The maximum Gasteiger partial charge on any atom is 0.411 e. The van der Waals surface area contributed by atoms with Crippen molar-refractivity contribution in [1.29, 1.82) is 0 Å². The molecule has 0 bridgehead atoms. The average Bonchev–Trinajstić information content (AvgIpc) is 3.17. The predicted molar refractivity (Wildman–Crippen MR) is 134 cm³/mol. The van der Waals surface area contributed by atoms with Gasteiger partial charge in [-0.1, -0.05) is 67.9 Å². The first-order valence-corrected chi connectivity index (χ1v) is 11.6. The van der Waals surface area contributed by atoms with Gasteiger partial charge in [-0.3, -0.25) is 10.1 Å². The molecule has 3 aromatic rings. The number of hydrogen-bond acceptors (Lipinski definition) is 4. The van der Waals surface area contributed by atoms with Crippen molar-refractivity contribution in [3.63, 3.8) is 0 Å². The van der Waals surface area contributed by atoms with Crippen LogP contribution in [0.4, 0.5) is 10.5 Å². The molecule has 4 rings (SSSR count). The Kier molecular flexibility index (Phi) is 7.15. The first-order valence-electron chi connectivity index (χ1n) is 11.6. The molecule has 0 fully saturated rings. The number of ether oxygens (including phenoxy) is 1. The molecule has 7 heteroatoms. The lowest BCUT2D eigenvalue weighted by Gasteiger charge is -2.16. The zero-order valence-corrected chi connectivity index (χ0v) is 19.7. The molecule has 0 saturated carbocycles. The smallest absolute Gasteiger partial charge is 0.411 e. The van der Waals surface area contributed by atoms with E-state index in [2.05, 4.69) is 34.9 Å². The summed E-state index contributed by atoms with van der Waals surface area (Å²) in [5, 5.41) is 14.6. The van der Waals surface area contributed by atoms with Crippen LogP contribution < -0.4 is 10.6 Å². The van der Waals surface area contributed by atoms with Gasteiger partial charge >= 0.3 is 12.1 Å². The van der Waals surface area contributed by atoms with Gasteiger partial charge in [0.1, 0.15) is 12.6 Å². The number of carboxylic acid groups (broad SMARTS) is 1. The molecule has 0 aliphatic heterocycles. The highest BCUT2D eigenvalue weighted by Crippen LogP contribution is 2.44. The number of anilines is 1. The maximum absolute atomic E-state index is 12.7. The van der Waals surface area contributed by atoms with Crippen LogP contribution in [0.15, 0.2) is 66.7 Å². The molecule has 1 aliphatic carbocycles. The van der Waals surface area contributed by atoms with Gasteiger partial charge in [0.05, 0.1) is 0 Å². The minimum atomic E-state index is -1.08. The van der Waals surface area contributed by atoms with Crippen LogP contribution in [0.25, 0.3) is 11.1 Å². The molecule has 0 heterocycles. The molecule has 0 unspecified atom stereocenters. The molecular weight excluding hydrogens is 444 g/mol. The number of benzene rings is 3. The summed E-state index contributed by atoms with van der Waals surface area (Å²) in [6.45, 7) is 3.83. The van der Waals surface area contributed by atoms with E-state index in [0.29, 0.717) is 18.5 Å². The fourth-order valence-electron chi connectivity index (χ4n) is 4.43. The van der Waals surface area contributed by atoms with Crippen LogP contribution in [0.5, 0.6) is 0 Å². The standard InChI is InChI=1S/C28H28N2O5/c1-3-8-24(27(32)33)29-26(31)18-14-13-17(2)25(15-18)30-28(34)35-16-23-21-11-6-4-9-19(21)20-10-5-7-12-22(20)23/h4-7,9-15,23-24H,3,8,16H2,1-2H3,(H,29,31)(H,30,34)(H,32,33)/t24-/m0/s1. The van der Waals surface area contributed by atoms with E-state index in [0.717, 1.165) is 27.8 Å². The Balaban J connectivity index is 1.43. The first kappa shape index (κ1) is 24.0. The van der Waals surface area contributed by atoms with Crippen LogP contribution in [0, 0.1) is 6.92 Å². The van der Waals surface area contributed by atoms with Gasteiger partial charge in [0.2, 0.25) is 0 Å². The summed E-state index contributed by atoms with van der Waals surface area (Å²) >= 11 is 0. The Bertz CT molecular complexity index is 1220. The molecule has 1 aliphatic rings. The highest BCUT2D eigenvalue weighted by molar-refractivity contribution is 5.98. The average molecular weight is 473 g/mol. The van der Waals surface area contributed by atoms with Gasteiger partial charge in [-0.05, 0) is 53.3 Å². The Labute approximate surface area is 204 Å². The minimum Gasteiger partial charge on any atom is -0.480 e. The summed E-state index contributed by atoms with van der Waals surface area (Å²) in [5.41, 5.74) is 5.97. The quantitative estimate of drug-likeness (QED) is 0.411. The highest BCUT2D eigenvalue weighted by atomic mass is 16.5. The normalized spacial score (nSPS) is 12.9. The Hall–Kier alpha value is -4.13. The molecule has 3 aromatic carbocycles. The van der Waals surface area contributed by atoms with Crippen LogP contribution in [-0.4, -0.2) is 35.7 Å². The van der Waals surface area contributed by atoms with Crippen LogP contribution >= 0.6 is 0 Å². The van der Waals surface area contributed by atoms with Crippen molar-refractivity contribution in [3.8, 4) is 11.1 Å². The SMILES string of the molecule is CCC[C@H](NC(=O)c1ccc(C)c(NC(=O)OCC2c3ccccc3-c3ccccc32)c1)C(=O)O. The fraction of sp³-hybridized carbons (Fsp3) is 0.250. The number of amides is 2. The van der Waals surface area contributed by atoms with Crippen molar-refractivity contribution in [2.24, 2.45) is 0 Å². The van der Waals surface area contributed by atoms with Crippen LogP contribution in [0.2, 0.25) is 0 Å². The first-order chi connectivity index (χ1) is 16.9. The van der Waals surface area contributed by atoms with E-state index in [1.807, 2.05) is 31.2 Å². The summed E-state index contributed by atoms with van der Waals surface area (Å²) in [5.74, 6) is -1.65. The molecule has 180 valence electrons. The van der Waals surface area contributed by atoms with Crippen LogP contribution in [-0.2, 0) is 9.53 Å². The lowest BCUT2D eigenvalue weighted by Crippen LogP contribution is -2.40. The summed E-state index contributed by atoms with van der Waals surface area (Å²) in [4.78, 5) is 36.6. The number of carbonyl (C=O) groups is 3. The van der Waals surface area contributed by atoms with Gasteiger partial charge in [-0.15, -0.1) is 0 Å². The van der Waals surface area contributed by atoms with Crippen LogP contribution in [0.3, 0.4) is 0 Å². The second kappa shape index (κ2) is 10.4. The highest BCUT2D eigenvalue weighted by Gasteiger charge is 2.29. The lowest BCUT2D eigenvalue weighted by molar-refractivity contribution is -0.139. The van der Waals surface area contributed by atoms with E-state index in [4.69, 9.17) is 4.74 Å². The van der Waals surface area contributed by atoms with Gasteiger partial charge < -0.3 is 15.2 Å². The predicted octanol–water partition coefficient (Wildman–Crippen LogP) is 5.34. The number of fused-ring (bicyclic) bond motifs is 3. The van der Waals surface area contributed by atoms with Crippen molar-refractivity contribution >= 4 is 23.7 Å². The Morgan fingerprint density at radius 1 is 0.971 bits per heavy atom. The maximum atomic E-state index is 12.7. The monoisotopic (exact) mass is 472 g/mol. The Morgan fingerprint density at radius 2 is 1.60 bits per heavy atom. The molecule has 2 amide bonds. The summed E-state index contributed by atoms with van der Waals surface area (Å²) in [6, 6.07) is 20.1. The Morgan fingerprint density at radius 3 is 2.20 bits per heavy atom. The van der Waals surface area contributed by atoms with E-state index in [1.165, 1.54) is 6.07 Å². The van der Waals surface area contributed by atoms with E-state index in [9.17, 15) is 19.5 Å². The summed E-state index contributed by atoms with van der Waals surface area (Å²) in [7, 11) is 0. The number of carboxylic acids is 1. The van der Waals surface area contributed by atoms with Gasteiger partial charge in [0.25, 0.3) is 5.91 Å². The zero-order valence-electron chi connectivity index (χ0n) is 19.7. The van der Waals surface area contributed by atoms with Crippen molar-refractivity contribution in [2.45, 2.75) is 38.6 Å². The van der Waals surface area contributed by atoms with Crippen molar-refractivity contribution < 1.29 is 24.2 Å². The third-order valence-electron chi connectivity index (χ3n) is 6.26. The number of aliphatic carboxylic acids is 1. The number of aryl methyl sites for hydroxylation is 1. The molecular formula is C28H28N2O5. The number of carbonyl (C=O) groups excluding carboxylic acids is 2. The fourth-order valence-corrected chi connectivity index (χ4v) is 4.43. The molecule has 35 heavy (non-hydrogen) atoms. The van der Waals surface area contributed by atoms with E-state index in [-0.39, 0.29) is 18.1 Å². The topological polar surface area (TPSA) is 105 Å². The molecule has 0 aromatic heterocycles. The number of hydrogen-bond donors (Lipinski definition) is 3. The van der Waals surface area contributed by atoms with Crippen molar-refractivity contribution in [1.82, 2.24) is 5.32 Å². The molecule has 3 N–H and O–H groups in total. The van der Waals surface area contributed by atoms with E-state index >= 15 is 0 Å².